The summed E-state index contributed by atoms with van der Waals surface area (Å²) < 4.78 is 26.6. The lowest BCUT2D eigenvalue weighted by molar-refractivity contribution is 0.576. The van der Waals surface area contributed by atoms with Crippen molar-refractivity contribution in [2.24, 2.45) is 5.73 Å². The Morgan fingerprint density at radius 1 is 1.25 bits per heavy atom. The molecule has 2 aromatic heterocycles. The van der Waals surface area contributed by atoms with Crippen molar-refractivity contribution in [2.45, 2.75) is 25.0 Å². The summed E-state index contributed by atoms with van der Waals surface area (Å²) in [6.07, 6.45) is 1.46. The highest BCUT2D eigenvalue weighted by Crippen LogP contribution is 2.07. The van der Waals surface area contributed by atoms with Crippen LogP contribution in [0.2, 0.25) is 0 Å². The van der Waals surface area contributed by atoms with E-state index >= 15 is 0 Å². The van der Waals surface area contributed by atoms with Crippen LogP contribution in [-0.4, -0.2) is 18.4 Å². The van der Waals surface area contributed by atoms with Crippen molar-refractivity contribution in [3.05, 3.63) is 53.5 Å². The average Bonchev–Trinajstić information content (AvgIpc) is 2.45. The molecule has 2 heterocycles. The fourth-order valence-electron chi connectivity index (χ4n) is 1.63. The Morgan fingerprint density at radius 2 is 2.05 bits per heavy atom. The van der Waals surface area contributed by atoms with E-state index in [-0.39, 0.29) is 11.6 Å². The molecule has 7 heteroatoms. The molecule has 0 aliphatic heterocycles. The van der Waals surface area contributed by atoms with Crippen LogP contribution in [0.5, 0.6) is 0 Å². The Labute approximate surface area is 118 Å². The highest BCUT2D eigenvalue weighted by Gasteiger charge is 2.15. The van der Waals surface area contributed by atoms with E-state index in [2.05, 4.69) is 14.7 Å². The number of aryl methyl sites for hydroxylation is 1. The van der Waals surface area contributed by atoms with Crippen LogP contribution in [-0.2, 0) is 23.1 Å². The SMILES string of the molecule is Cc1cccc(CNS(=O)(=O)c2ccc(CN)cn2)n1. The van der Waals surface area contributed by atoms with Crippen molar-refractivity contribution in [3.8, 4) is 0 Å². The topological polar surface area (TPSA) is 98.0 Å². The lowest BCUT2D eigenvalue weighted by Crippen LogP contribution is -2.24. The molecule has 20 heavy (non-hydrogen) atoms. The van der Waals surface area contributed by atoms with Crippen LogP contribution in [0.3, 0.4) is 0 Å². The van der Waals surface area contributed by atoms with Gasteiger partial charge in [-0.25, -0.2) is 18.1 Å². The molecule has 0 unspecified atom stereocenters. The predicted octanol–water partition coefficient (Wildman–Crippen LogP) is 0.722. The van der Waals surface area contributed by atoms with Crippen LogP contribution in [0.1, 0.15) is 17.0 Å². The number of nitrogens with two attached hydrogens (primary N) is 1. The van der Waals surface area contributed by atoms with Gasteiger partial charge in [-0.05, 0) is 30.7 Å². The van der Waals surface area contributed by atoms with Crippen LogP contribution in [0.25, 0.3) is 0 Å². The van der Waals surface area contributed by atoms with Gasteiger partial charge in [-0.3, -0.25) is 4.98 Å². The molecule has 0 atom stereocenters. The Bertz CT molecular complexity index is 684. The van der Waals surface area contributed by atoms with Gasteiger partial charge in [0.05, 0.1) is 12.2 Å². The maximum absolute atomic E-state index is 12.1. The van der Waals surface area contributed by atoms with Crippen LogP contribution >= 0.6 is 0 Å². The smallest absolute Gasteiger partial charge is 0.258 e. The van der Waals surface area contributed by atoms with Gasteiger partial charge in [-0.2, -0.15) is 0 Å². The zero-order chi connectivity index (χ0) is 14.6. The Morgan fingerprint density at radius 3 is 2.65 bits per heavy atom. The highest BCUT2D eigenvalue weighted by atomic mass is 32.2. The Kier molecular flexibility index (Phi) is 4.43. The fraction of sp³-hybridized carbons (Fsp3) is 0.231. The van der Waals surface area contributed by atoms with Crippen molar-refractivity contribution in [3.63, 3.8) is 0 Å². The lowest BCUT2D eigenvalue weighted by atomic mass is 10.3. The van der Waals surface area contributed by atoms with Gasteiger partial charge in [-0.15, -0.1) is 0 Å². The normalized spacial score (nSPS) is 11.5. The summed E-state index contributed by atoms with van der Waals surface area (Å²) in [5.41, 5.74) is 7.73. The lowest BCUT2D eigenvalue weighted by Gasteiger charge is -2.06. The van der Waals surface area contributed by atoms with Gasteiger partial charge in [0.15, 0.2) is 5.03 Å². The van der Waals surface area contributed by atoms with Gasteiger partial charge in [0, 0.05) is 18.4 Å². The molecule has 6 nitrogen and oxygen atoms in total. The average molecular weight is 292 g/mol. The Hall–Kier alpha value is -1.83. The zero-order valence-corrected chi connectivity index (χ0v) is 11.9. The van der Waals surface area contributed by atoms with Crippen molar-refractivity contribution in [1.29, 1.82) is 0 Å². The molecular weight excluding hydrogens is 276 g/mol. The van der Waals surface area contributed by atoms with E-state index < -0.39 is 10.0 Å². The quantitative estimate of drug-likeness (QED) is 0.846. The summed E-state index contributed by atoms with van der Waals surface area (Å²) in [4.78, 5) is 8.13. The van der Waals surface area contributed by atoms with E-state index in [0.29, 0.717) is 12.2 Å². The van der Waals surface area contributed by atoms with Gasteiger partial charge in [0.25, 0.3) is 10.0 Å². The Balaban J connectivity index is 2.10. The summed E-state index contributed by atoms with van der Waals surface area (Å²) in [5, 5.41) is -0.0256. The molecule has 0 aromatic carbocycles. The van der Waals surface area contributed by atoms with Crippen LogP contribution < -0.4 is 10.5 Å². The van der Waals surface area contributed by atoms with E-state index in [1.54, 1.807) is 12.1 Å². The first-order valence-electron chi connectivity index (χ1n) is 6.08. The molecule has 0 bridgehead atoms. The largest absolute Gasteiger partial charge is 0.326 e. The monoisotopic (exact) mass is 292 g/mol. The van der Waals surface area contributed by atoms with E-state index in [0.717, 1.165) is 11.3 Å². The molecule has 2 aromatic rings. The maximum atomic E-state index is 12.1. The summed E-state index contributed by atoms with van der Waals surface area (Å²) >= 11 is 0. The van der Waals surface area contributed by atoms with E-state index in [9.17, 15) is 8.42 Å². The molecule has 0 saturated heterocycles. The van der Waals surface area contributed by atoms with Gasteiger partial charge in [0.2, 0.25) is 0 Å². The van der Waals surface area contributed by atoms with Crippen molar-refractivity contribution in [1.82, 2.24) is 14.7 Å². The maximum Gasteiger partial charge on any atom is 0.258 e. The first-order valence-corrected chi connectivity index (χ1v) is 7.57. The van der Waals surface area contributed by atoms with Gasteiger partial charge < -0.3 is 5.73 Å². The van der Waals surface area contributed by atoms with Gasteiger partial charge in [0.1, 0.15) is 0 Å². The third kappa shape index (κ3) is 3.60. The van der Waals surface area contributed by atoms with Crippen molar-refractivity contribution >= 4 is 10.0 Å². The van der Waals surface area contributed by atoms with Crippen LogP contribution in [0.15, 0.2) is 41.6 Å². The molecule has 0 aliphatic rings. The molecule has 0 amide bonds. The third-order valence-corrected chi connectivity index (χ3v) is 4.01. The molecule has 2 rings (SSSR count). The minimum Gasteiger partial charge on any atom is -0.326 e. The number of rotatable bonds is 5. The molecule has 0 aliphatic carbocycles. The summed E-state index contributed by atoms with van der Waals surface area (Å²) in [6.45, 7) is 2.31. The number of aromatic nitrogens is 2. The first-order chi connectivity index (χ1) is 9.51. The molecule has 0 saturated carbocycles. The molecule has 0 spiro atoms. The number of nitrogens with zero attached hydrogens (tertiary/aromatic N) is 2. The second kappa shape index (κ2) is 6.08. The molecule has 0 radical (unpaired) electrons. The first kappa shape index (κ1) is 14.6. The predicted molar refractivity (Wildman–Crippen MR) is 75.1 cm³/mol. The summed E-state index contributed by atoms with van der Waals surface area (Å²) in [6, 6.07) is 8.53. The van der Waals surface area contributed by atoms with Crippen LogP contribution in [0, 0.1) is 6.92 Å². The molecule has 3 N–H and O–H groups in total. The second-order valence-corrected chi connectivity index (χ2v) is 6.02. The molecule has 0 fully saturated rings. The molecule has 106 valence electrons. The number of sulfonamides is 1. The molecular formula is C13H16N4O2S. The minimum absolute atomic E-state index is 0.0256. The van der Waals surface area contributed by atoms with E-state index in [4.69, 9.17) is 5.73 Å². The number of nitrogens with one attached hydrogen (secondary N) is 1. The summed E-state index contributed by atoms with van der Waals surface area (Å²) in [7, 11) is -3.64. The zero-order valence-electron chi connectivity index (χ0n) is 11.1. The van der Waals surface area contributed by atoms with E-state index in [1.807, 2.05) is 19.1 Å². The standard InChI is InChI=1S/C13H16N4O2S/c1-10-3-2-4-12(17-10)9-16-20(18,19)13-6-5-11(7-14)8-15-13/h2-6,8,16H,7,9,14H2,1H3. The van der Waals surface area contributed by atoms with Crippen molar-refractivity contribution in [2.75, 3.05) is 0 Å². The second-order valence-electron chi connectivity index (χ2n) is 4.30. The fourth-order valence-corrected chi connectivity index (χ4v) is 2.56. The number of hydrogen-bond acceptors (Lipinski definition) is 5. The number of pyridine rings is 2. The van der Waals surface area contributed by atoms with Gasteiger partial charge >= 0.3 is 0 Å². The number of hydrogen-bond donors (Lipinski definition) is 2. The third-order valence-electron chi connectivity index (χ3n) is 2.70. The minimum atomic E-state index is -3.64. The summed E-state index contributed by atoms with van der Waals surface area (Å²) in [5.74, 6) is 0. The van der Waals surface area contributed by atoms with Crippen LogP contribution in [0.4, 0.5) is 0 Å². The van der Waals surface area contributed by atoms with E-state index in [1.165, 1.54) is 12.3 Å². The van der Waals surface area contributed by atoms with Crippen molar-refractivity contribution < 1.29 is 8.42 Å². The highest BCUT2D eigenvalue weighted by molar-refractivity contribution is 7.89. The van der Waals surface area contributed by atoms with Gasteiger partial charge in [-0.1, -0.05) is 12.1 Å².